The number of hydrogen-bond donors (Lipinski definition) is 1. The highest BCUT2D eigenvalue weighted by Crippen LogP contribution is 2.19. The third-order valence-corrected chi connectivity index (χ3v) is 2.93. The zero-order valence-electron chi connectivity index (χ0n) is 11.2. The Morgan fingerprint density at radius 1 is 1.26 bits per heavy atom. The van der Waals surface area contributed by atoms with Gasteiger partial charge < -0.3 is 10.6 Å². The molecule has 5 nitrogen and oxygen atoms in total. The third kappa shape index (κ3) is 3.34. The van der Waals surface area contributed by atoms with Gasteiger partial charge in [-0.2, -0.15) is 5.10 Å². The van der Waals surface area contributed by atoms with Crippen molar-refractivity contribution in [2.24, 2.45) is 0 Å². The molecule has 1 heterocycles. The van der Waals surface area contributed by atoms with Crippen LogP contribution in [0.1, 0.15) is 6.42 Å². The van der Waals surface area contributed by atoms with Crippen molar-refractivity contribution in [1.82, 2.24) is 14.7 Å². The number of aryl methyl sites for hydroxylation is 1. The Kier molecular flexibility index (Phi) is 3.85. The first-order valence-electron chi connectivity index (χ1n) is 6.15. The van der Waals surface area contributed by atoms with Crippen molar-refractivity contribution in [3.05, 3.63) is 36.7 Å². The maximum atomic E-state index is 11.5. The van der Waals surface area contributed by atoms with E-state index in [0.717, 1.165) is 16.8 Å². The minimum absolute atomic E-state index is 0.101. The second-order valence-corrected chi connectivity index (χ2v) is 4.65. The molecule has 1 amide bonds. The van der Waals surface area contributed by atoms with Crippen LogP contribution in [-0.2, 0) is 11.3 Å². The smallest absolute Gasteiger partial charge is 0.223 e. The maximum Gasteiger partial charge on any atom is 0.223 e. The molecule has 0 fully saturated rings. The van der Waals surface area contributed by atoms with Crippen LogP contribution in [0.25, 0.3) is 11.1 Å². The van der Waals surface area contributed by atoms with E-state index >= 15 is 0 Å². The Hall–Kier alpha value is -2.30. The summed E-state index contributed by atoms with van der Waals surface area (Å²) in [5, 5.41) is 4.26. The zero-order chi connectivity index (χ0) is 13.8. The molecule has 19 heavy (non-hydrogen) atoms. The summed E-state index contributed by atoms with van der Waals surface area (Å²) in [6, 6.07) is 7.65. The van der Waals surface area contributed by atoms with E-state index in [0.29, 0.717) is 13.0 Å². The molecular formula is C14H18N4O. The molecule has 0 saturated heterocycles. The first-order chi connectivity index (χ1) is 9.06. The van der Waals surface area contributed by atoms with Crippen molar-refractivity contribution < 1.29 is 4.79 Å². The van der Waals surface area contributed by atoms with Gasteiger partial charge in [0.05, 0.1) is 6.20 Å². The fourth-order valence-corrected chi connectivity index (χ4v) is 1.74. The molecule has 0 unspecified atom stereocenters. The minimum Gasteiger partial charge on any atom is -0.399 e. The summed E-state index contributed by atoms with van der Waals surface area (Å²) >= 11 is 0. The Labute approximate surface area is 112 Å². The number of anilines is 1. The van der Waals surface area contributed by atoms with Crippen LogP contribution in [0.15, 0.2) is 36.7 Å². The van der Waals surface area contributed by atoms with E-state index in [4.69, 9.17) is 5.73 Å². The van der Waals surface area contributed by atoms with Gasteiger partial charge >= 0.3 is 0 Å². The molecule has 1 aromatic carbocycles. The lowest BCUT2D eigenvalue weighted by Gasteiger charge is -2.09. The predicted octanol–water partition coefficient (Wildman–Crippen LogP) is 1.61. The van der Waals surface area contributed by atoms with E-state index in [2.05, 4.69) is 5.10 Å². The van der Waals surface area contributed by atoms with E-state index in [9.17, 15) is 4.79 Å². The fraction of sp³-hybridized carbons (Fsp3) is 0.286. The lowest BCUT2D eigenvalue weighted by molar-refractivity contribution is -0.128. The molecule has 0 aliphatic heterocycles. The summed E-state index contributed by atoms with van der Waals surface area (Å²) in [6.07, 6.45) is 4.19. The molecule has 0 saturated carbocycles. The van der Waals surface area contributed by atoms with Crippen LogP contribution in [0, 0.1) is 0 Å². The summed E-state index contributed by atoms with van der Waals surface area (Å²) in [7, 11) is 3.51. The van der Waals surface area contributed by atoms with Crippen LogP contribution in [0.3, 0.4) is 0 Å². The van der Waals surface area contributed by atoms with Gasteiger partial charge in [-0.3, -0.25) is 9.48 Å². The van der Waals surface area contributed by atoms with E-state index in [1.807, 2.05) is 30.5 Å². The van der Waals surface area contributed by atoms with Crippen LogP contribution >= 0.6 is 0 Å². The van der Waals surface area contributed by atoms with Crippen molar-refractivity contribution in [3.8, 4) is 11.1 Å². The van der Waals surface area contributed by atoms with Crippen LogP contribution in [0.2, 0.25) is 0 Å². The number of rotatable bonds is 4. The first-order valence-corrected chi connectivity index (χ1v) is 6.15. The fourth-order valence-electron chi connectivity index (χ4n) is 1.74. The largest absolute Gasteiger partial charge is 0.399 e. The number of hydrogen-bond acceptors (Lipinski definition) is 3. The average Bonchev–Trinajstić information content (AvgIpc) is 2.85. The molecule has 0 radical (unpaired) electrons. The lowest BCUT2D eigenvalue weighted by Crippen LogP contribution is -2.22. The quantitative estimate of drug-likeness (QED) is 0.847. The molecule has 100 valence electrons. The van der Waals surface area contributed by atoms with E-state index in [1.165, 1.54) is 0 Å². The highest BCUT2D eigenvalue weighted by Gasteiger charge is 2.06. The summed E-state index contributed by atoms with van der Waals surface area (Å²) in [5.74, 6) is 0.101. The second-order valence-electron chi connectivity index (χ2n) is 4.65. The van der Waals surface area contributed by atoms with E-state index in [1.54, 1.807) is 29.9 Å². The number of nitrogen functional groups attached to an aromatic ring is 1. The van der Waals surface area contributed by atoms with Crippen LogP contribution in [0.5, 0.6) is 0 Å². The molecule has 2 N–H and O–H groups in total. The van der Waals surface area contributed by atoms with Gasteiger partial charge in [-0.25, -0.2) is 0 Å². The Bertz CT molecular complexity index is 557. The highest BCUT2D eigenvalue weighted by atomic mass is 16.2. The summed E-state index contributed by atoms with van der Waals surface area (Å²) in [6.45, 7) is 0.589. The van der Waals surface area contributed by atoms with Crippen LogP contribution < -0.4 is 5.73 Å². The molecule has 0 aliphatic rings. The van der Waals surface area contributed by atoms with Gasteiger partial charge in [0, 0.05) is 44.5 Å². The van der Waals surface area contributed by atoms with Crippen LogP contribution in [-0.4, -0.2) is 34.7 Å². The van der Waals surface area contributed by atoms with Crippen molar-refractivity contribution in [2.75, 3.05) is 19.8 Å². The van der Waals surface area contributed by atoms with Crippen molar-refractivity contribution in [1.29, 1.82) is 0 Å². The SMILES string of the molecule is CN(C)C(=O)CCn1cc(-c2ccc(N)cc2)cn1. The van der Waals surface area contributed by atoms with Gasteiger partial charge in [0.25, 0.3) is 0 Å². The number of nitrogens with zero attached hydrogens (tertiary/aromatic N) is 3. The Morgan fingerprint density at radius 2 is 1.95 bits per heavy atom. The maximum absolute atomic E-state index is 11.5. The lowest BCUT2D eigenvalue weighted by atomic mass is 10.1. The summed E-state index contributed by atoms with van der Waals surface area (Å²) in [4.78, 5) is 13.1. The topological polar surface area (TPSA) is 64.2 Å². The van der Waals surface area contributed by atoms with E-state index in [-0.39, 0.29) is 5.91 Å². The molecule has 0 aliphatic carbocycles. The molecule has 5 heteroatoms. The highest BCUT2D eigenvalue weighted by molar-refractivity contribution is 5.75. The normalized spacial score (nSPS) is 10.4. The van der Waals surface area contributed by atoms with Gasteiger partial charge in [-0.05, 0) is 17.7 Å². The molecule has 2 rings (SSSR count). The van der Waals surface area contributed by atoms with Crippen LogP contribution in [0.4, 0.5) is 5.69 Å². The zero-order valence-corrected chi connectivity index (χ0v) is 11.2. The number of carbonyl (C=O) groups is 1. The van der Waals surface area contributed by atoms with Crippen molar-refractivity contribution >= 4 is 11.6 Å². The monoisotopic (exact) mass is 258 g/mol. The number of aromatic nitrogens is 2. The summed E-state index contributed by atoms with van der Waals surface area (Å²) < 4.78 is 1.78. The number of nitrogens with two attached hydrogens (primary N) is 1. The summed E-state index contributed by atoms with van der Waals surface area (Å²) in [5.41, 5.74) is 8.49. The third-order valence-electron chi connectivity index (χ3n) is 2.93. The number of carbonyl (C=O) groups excluding carboxylic acids is 1. The van der Waals surface area contributed by atoms with Gasteiger partial charge in [-0.1, -0.05) is 12.1 Å². The number of benzene rings is 1. The Morgan fingerprint density at radius 3 is 2.58 bits per heavy atom. The average molecular weight is 258 g/mol. The predicted molar refractivity (Wildman–Crippen MR) is 75.4 cm³/mol. The van der Waals surface area contributed by atoms with E-state index < -0.39 is 0 Å². The standard InChI is InChI=1S/C14H18N4O/c1-17(2)14(19)7-8-18-10-12(9-16-18)11-3-5-13(15)6-4-11/h3-6,9-10H,7-8,15H2,1-2H3. The van der Waals surface area contributed by atoms with Gasteiger partial charge in [-0.15, -0.1) is 0 Å². The molecule has 2 aromatic rings. The first kappa shape index (κ1) is 13.1. The molecule has 1 aromatic heterocycles. The second kappa shape index (κ2) is 5.56. The molecule has 0 bridgehead atoms. The van der Waals surface area contributed by atoms with Gasteiger partial charge in [0.1, 0.15) is 0 Å². The molecule has 0 atom stereocenters. The van der Waals surface area contributed by atoms with Crippen molar-refractivity contribution in [2.45, 2.75) is 13.0 Å². The van der Waals surface area contributed by atoms with Gasteiger partial charge in [0.15, 0.2) is 0 Å². The Balaban J connectivity index is 2.03. The minimum atomic E-state index is 0.101. The number of amides is 1. The molecule has 0 spiro atoms. The van der Waals surface area contributed by atoms with Gasteiger partial charge in [0.2, 0.25) is 5.91 Å². The van der Waals surface area contributed by atoms with Crippen molar-refractivity contribution in [3.63, 3.8) is 0 Å². The molecular weight excluding hydrogens is 240 g/mol.